The van der Waals surface area contributed by atoms with Gasteiger partial charge in [-0.3, -0.25) is 34.4 Å². The molecule has 17 nitrogen and oxygen atoms in total. The summed E-state index contributed by atoms with van der Waals surface area (Å²) in [6, 6.07) is -0.378. The van der Waals surface area contributed by atoms with Gasteiger partial charge in [0.1, 0.15) is 49.1 Å². The molecule has 13 atom stereocenters. The highest BCUT2D eigenvalue weighted by Gasteiger charge is 2.56. The van der Waals surface area contributed by atoms with Crippen LogP contribution in [-0.2, 0) is 44.0 Å². The van der Waals surface area contributed by atoms with E-state index in [4.69, 9.17) is 40.4 Å². The second kappa shape index (κ2) is 11.6. The summed E-state index contributed by atoms with van der Waals surface area (Å²) in [5, 5.41) is 8.25. The summed E-state index contributed by atoms with van der Waals surface area (Å²) < 4.78 is 71.3. The molecule has 5 heterocycles. The molecular weight excluding hydrogens is 628 g/mol. The Kier molecular flexibility index (Phi) is 8.36. The SMILES string of the molecule is NC1NC(=O)C2N=CN([C@@H]3O[C@@H]4COP(=O)(O)O[C@@H]5[C@@H](COP(O)(=S)O[C@@H]3[C@@H]4F)C[C@@H](Nc3ccncn3)[C@@H]5F)C2N1. The number of carbonyl (C=O) groups is 1. The lowest BCUT2D eigenvalue weighted by atomic mass is 10.1. The molecule has 5 aliphatic rings. The lowest BCUT2D eigenvalue weighted by molar-refractivity contribution is -0.130. The van der Waals surface area contributed by atoms with E-state index in [0.29, 0.717) is 5.82 Å². The normalized spacial score (nSPS) is 47.5. The number of aliphatic imine (C=N–C) groups is 1. The van der Waals surface area contributed by atoms with E-state index in [9.17, 15) is 19.1 Å². The molecule has 0 radical (unpaired) electrons. The number of anilines is 1. The van der Waals surface area contributed by atoms with E-state index in [0.717, 1.165) is 0 Å². The van der Waals surface area contributed by atoms with E-state index >= 15 is 8.78 Å². The molecule has 3 saturated heterocycles. The van der Waals surface area contributed by atoms with Gasteiger partial charge in [0.15, 0.2) is 18.4 Å². The van der Waals surface area contributed by atoms with Gasteiger partial charge in [0.05, 0.1) is 25.6 Å². The number of hydrogen-bond donors (Lipinski definition) is 6. The second-order valence-corrected chi connectivity index (χ2v) is 14.4. The van der Waals surface area contributed by atoms with Gasteiger partial charge < -0.3 is 34.6 Å². The van der Waals surface area contributed by atoms with Crippen molar-refractivity contribution in [2.75, 3.05) is 18.5 Å². The van der Waals surface area contributed by atoms with Crippen LogP contribution in [0.2, 0.25) is 0 Å². The van der Waals surface area contributed by atoms with Crippen LogP contribution < -0.4 is 21.7 Å². The molecule has 6 rings (SSSR count). The largest absolute Gasteiger partial charge is 0.472 e. The predicted molar refractivity (Wildman–Crippen MR) is 141 cm³/mol. The minimum Gasteiger partial charge on any atom is -0.364 e. The summed E-state index contributed by atoms with van der Waals surface area (Å²) in [5.41, 5.74) is 5.82. The van der Waals surface area contributed by atoms with Crippen molar-refractivity contribution in [2.24, 2.45) is 16.6 Å². The quantitative estimate of drug-likeness (QED) is 0.211. The highest BCUT2D eigenvalue weighted by atomic mass is 32.5. The van der Waals surface area contributed by atoms with Crippen molar-refractivity contribution in [2.45, 2.75) is 67.8 Å². The highest BCUT2D eigenvalue weighted by Crippen LogP contribution is 2.54. The van der Waals surface area contributed by atoms with Crippen LogP contribution in [0, 0.1) is 5.92 Å². The first-order chi connectivity index (χ1) is 19.9. The molecule has 2 bridgehead atoms. The highest BCUT2D eigenvalue weighted by molar-refractivity contribution is 8.07. The minimum absolute atomic E-state index is 0.00992. The summed E-state index contributed by atoms with van der Waals surface area (Å²) in [6.07, 6.45) is -7.83. The minimum atomic E-state index is -4.98. The molecule has 22 heteroatoms. The first-order valence-electron chi connectivity index (χ1n) is 12.8. The van der Waals surface area contributed by atoms with E-state index < -0.39 is 101 Å². The van der Waals surface area contributed by atoms with Crippen molar-refractivity contribution in [3.05, 3.63) is 18.6 Å². The molecule has 232 valence electrons. The van der Waals surface area contributed by atoms with E-state index in [2.05, 4.69) is 30.9 Å². The number of alkyl halides is 2. The maximum atomic E-state index is 15.7. The smallest absolute Gasteiger partial charge is 0.364 e. The molecule has 1 aliphatic carbocycles. The van der Waals surface area contributed by atoms with Crippen LogP contribution in [0.4, 0.5) is 14.6 Å². The van der Waals surface area contributed by atoms with Crippen molar-refractivity contribution >= 4 is 44.4 Å². The number of rotatable bonds is 3. The van der Waals surface area contributed by atoms with Crippen LogP contribution in [0.1, 0.15) is 6.42 Å². The lowest BCUT2D eigenvalue weighted by Crippen LogP contribution is -2.70. The average Bonchev–Trinajstić information content (AvgIpc) is 3.57. The molecule has 1 aromatic rings. The zero-order valence-electron chi connectivity index (χ0n) is 21.5. The number of amides is 1. The molecular formula is C20H28F2N8O9P2S. The van der Waals surface area contributed by atoms with Gasteiger partial charge in [-0.05, 0) is 24.3 Å². The zero-order valence-corrected chi connectivity index (χ0v) is 24.1. The Bertz CT molecular complexity index is 1310. The summed E-state index contributed by atoms with van der Waals surface area (Å²) in [6.45, 7) is -5.52. The zero-order chi connectivity index (χ0) is 29.8. The van der Waals surface area contributed by atoms with Gasteiger partial charge >= 0.3 is 14.5 Å². The maximum Gasteiger partial charge on any atom is 0.472 e. The molecule has 5 unspecified atom stereocenters. The first kappa shape index (κ1) is 30.2. The van der Waals surface area contributed by atoms with E-state index in [1.54, 1.807) is 0 Å². The van der Waals surface area contributed by atoms with Crippen molar-refractivity contribution in [3.63, 3.8) is 0 Å². The number of ether oxygens (including phenoxy) is 1. The molecule has 1 saturated carbocycles. The van der Waals surface area contributed by atoms with Gasteiger partial charge in [0.25, 0.3) is 5.91 Å². The van der Waals surface area contributed by atoms with Gasteiger partial charge in [-0.15, -0.1) is 0 Å². The molecule has 4 aliphatic heterocycles. The van der Waals surface area contributed by atoms with Gasteiger partial charge in [-0.2, -0.15) is 0 Å². The van der Waals surface area contributed by atoms with Crippen LogP contribution in [0.5, 0.6) is 0 Å². The Morgan fingerprint density at radius 3 is 2.76 bits per heavy atom. The van der Waals surface area contributed by atoms with Crippen LogP contribution in [0.15, 0.2) is 23.6 Å². The second-order valence-electron chi connectivity index (χ2n) is 10.2. The maximum absolute atomic E-state index is 15.7. The molecule has 1 aromatic heterocycles. The number of phosphoric ester groups is 1. The lowest BCUT2D eigenvalue weighted by Gasteiger charge is -2.39. The first-order valence-corrected chi connectivity index (χ1v) is 16.9. The predicted octanol–water partition coefficient (Wildman–Crippen LogP) is -1.19. The Hall–Kier alpha value is -1.80. The van der Waals surface area contributed by atoms with Gasteiger partial charge in [0.2, 0.25) is 0 Å². The van der Waals surface area contributed by atoms with Crippen molar-refractivity contribution < 1.29 is 50.8 Å². The number of nitrogens with one attached hydrogen (secondary N) is 3. The fourth-order valence-electron chi connectivity index (χ4n) is 5.54. The molecule has 0 aromatic carbocycles. The third-order valence-electron chi connectivity index (χ3n) is 7.45. The summed E-state index contributed by atoms with van der Waals surface area (Å²) in [5.74, 6) is -1.10. The number of phosphoric acid groups is 1. The fraction of sp³-hybridized carbons (Fsp3) is 0.700. The van der Waals surface area contributed by atoms with Crippen molar-refractivity contribution in [1.82, 2.24) is 25.5 Å². The number of aromatic nitrogens is 2. The Balaban J connectivity index is 1.24. The number of nitrogens with zero attached hydrogens (tertiary/aromatic N) is 4. The third-order valence-corrected chi connectivity index (χ3v) is 10.00. The summed E-state index contributed by atoms with van der Waals surface area (Å²) >= 11 is 5.17. The standard InChI is InChI=1S/C20H28F2N8O9P2S/c21-12-9(27-11-1-2-24-6-25-11)3-8-4-36-41(34,42)39-16-13(22)10(5-35-40(32,33)38-15(8)12)37-19(16)30-7-26-14-17(30)28-20(23)29-18(14)31/h1-2,6-10,12-17,19-20,28H,3-5,23H2,(H,29,31)(H,32,33)(H,34,42)(H,24,25,27)/t8-,9-,10-,12+,13-,14?,15-,16-,17?,19-,20?,41?/m1/s1. The monoisotopic (exact) mass is 656 g/mol. The number of halogens is 2. The molecule has 7 N–H and O–H groups in total. The fourth-order valence-corrected chi connectivity index (χ4v) is 7.98. The van der Waals surface area contributed by atoms with Gasteiger partial charge in [-0.25, -0.2) is 23.3 Å². The van der Waals surface area contributed by atoms with Crippen LogP contribution in [-0.4, -0.2) is 112 Å². The molecule has 42 heavy (non-hydrogen) atoms. The van der Waals surface area contributed by atoms with Crippen LogP contribution in [0.3, 0.4) is 0 Å². The van der Waals surface area contributed by atoms with E-state index in [1.807, 2.05) is 0 Å². The van der Waals surface area contributed by atoms with Gasteiger partial charge in [-0.1, -0.05) is 0 Å². The third kappa shape index (κ3) is 6.09. The van der Waals surface area contributed by atoms with E-state index in [1.165, 1.54) is 29.8 Å². The summed E-state index contributed by atoms with van der Waals surface area (Å²) in [7, 11) is -4.98. The average molecular weight is 657 g/mol. The van der Waals surface area contributed by atoms with E-state index in [-0.39, 0.29) is 6.42 Å². The molecule has 0 spiro atoms. The summed E-state index contributed by atoms with van der Waals surface area (Å²) in [4.78, 5) is 47.0. The molecule has 4 fully saturated rings. The Morgan fingerprint density at radius 2 is 2.00 bits per heavy atom. The van der Waals surface area contributed by atoms with Crippen molar-refractivity contribution in [3.8, 4) is 0 Å². The van der Waals surface area contributed by atoms with Gasteiger partial charge in [0, 0.05) is 12.1 Å². The Labute approximate surface area is 242 Å². The number of hydrogen-bond acceptors (Lipinski definition) is 15. The van der Waals surface area contributed by atoms with Crippen LogP contribution >= 0.6 is 14.5 Å². The Morgan fingerprint density at radius 1 is 1.19 bits per heavy atom. The number of nitrogens with two attached hydrogens (primary N) is 1. The van der Waals surface area contributed by atoms with Crippen molar-refractivity contribution in [1.29, 1.82) is 0 Å². The number of fused-ring (bicyclic) bond motifs is 4. The topological polar surface area (TPSA) is 224 Å². The number of carbonyl (C=O) groups excluding carboxylic acids is 1. The molecule has 1 amide bonds. The van der Waals surface area contributed by atoms with Crippen LogP contribution in [0.25, 0.3) is 0 Å².